The third kappa shape index (κ3) is 3.90. The number of benzene rings is 1. The zero-order chi connectivity index (χ0) is 12.2. The van der Waals surface area contributed by atoms with Crippen molar-refractivity contribution in [1.82, 2.24) is 0 Å². The molecule has 0 aliphatic carbocycles. The fourth-order valence-corrected chi connectivity index (χ4v) is 1.12. The summed E-state index contributed by atoms with van der Waals surface area (Å²) in [4.78, 5) is 10.7. The predicted molar refractivity (Wildman–Crippen MR) is 48.8 cm³/mol. The van der Waals surface area contributed by atoms with Crippen LogP contribution in [0, 0.1) is 0 Å². The fraction of sp³-hybridized carbons (Fsp3) is 0.300. The number of carboxylic acids is 1. The minimum Gasteiger partial charge on any atom is -0.479 e. The summed E-state index contributed by atoms with van der Waals surface area (Å²) in [5, 5.41) is 8.73. The third-order valence-corrected chi connectivity index (χ3v) is 1.74. The van der Waals surface area contributed by atoms with E-state index in [-0.39, 0.29) is 5.56 Å². The number of alkyl halides is 3. The summed E-state index contributed by atoms with van der Waals surface area (Å²) in [7, 11) is 0. The third-order valence-electron chi connectivity index (χ3n) is 1.74. The molecule has 6 heteroatoms. The van der Waals surface area contributed by atoms with E-state index >= 15 is 0 Å². The van der Waals surface area contributed by atoms with Gasteiger partial charge in [0.25, 0.3) is 0 Å². The van der Waals surface area contributed by atoms with Gasteiger partial charge in [0.2, 0.25) is 0 Å². The Morgan fingerprint density at radius 3 is 2.31 bits per heavy atom. The van der Waals surface area contributed by atoms with Crippen LogP contribution in [0.3, 0.4) is 0 Å². The quantitative estimate of drug-likeness (QED) is 0.870. The summed E-state index contributed by atoms with van der Waals surface area (Å²) in [6.45, 7) is -1.58. The normalized spacial score (nSPS) is 13.4. The van der Waals surface area contributed by atoms with Crippen molar-refractivity contribution in [1.29, 1.82) is 0 Å². The Morgan fingerprint density at radius 1 is 1.31 bits per heavy atom. The number of carboxylic acid groups (broad SMARTS) is 1. The predicted octanol–water partition coefficient (Wildman–Crippen LogP) is 2.39. The monoisotopic (exact) mass is 234 g/mol. The Balaban J connectivity index is 2.74. The van der Waals surface area contributed by atoms with Gasteiger partial charge in [0.05, 0.1) is 0 Å². The molecule has 0 amide bonds. The van der Waals surface area contributed by atoms with Crippen molar-refractivity contribution in [2.45, 2.75) is 12.3 Å². The molecule has 1 atom stereocenters. The first-order chi connectivity index (χ1) is 7.40. The van der Waals surface area contributed by atoms with Gasteiger partial charge in [0.15, 0.2) is 6.10 Å². The minimum absolute atomic E-state index is 0.180. The second-order valence-corrected chi connectivity index (χ2v) is 3.06. The topological polar surface area (TPSA) is 46.5 Å². The largest absolute Gasteiger partial charge is 0.479 e. The van der Waals surface area contributed by atoms with Crippen molar-refractivity contribution in [3.05, 3.63) is 35.9 Å². The van der Waals surface area contributed by atoms with Crippen LogP contribution < -0.4 is 0 Å². The molecule has 0 bridgehead atoms. The van der Waals surface area contributed by atoms with Gasteiger partial charge in [0, 0.05) is 0 Å². The van der Waals surface area contributed by atoms with Crippen molar-refractivity contribution < 1.29 is 27.8 Å². The molecule has 1 rings (SSSR count). The minimum atomic E-state index is -4.54. The number of aliphatic carboxylic acids is 1. The molecule has 88 valence electrons. The van der Waals surface area contributed by atoms with E-state index in [1.54, 1.807) is 6.07 Å². The van der Waals surface area contributed by atoms with Gasteiger partial charge in [-0.1, -0.05) is 30.3 Å². The van der Waals surface area contributed by atoms with Crippen molar-refractivity contribution >= 4 is 5.97 Å². The summed E-state index contributed by atoms with van der Waals surface area (Å²) in [5.74, 6) is -1.45. The van der Waals surface area contributed by atoms with E-state index in [9.17, 15) is 18.0 Å². The second kappa shape index (κ2) is 4.98. The summed E-state index contributed by atoms with van der Waals surface area (Å²) < 4.78 is 40.0. The van der Waals surface area contributed by atoms with E-state index in [2.05, 4.69) is 4.74 Å². The molecule has 0 saturated carbocycles. The van der Waals surface area contributed by atoms with Gasteiger partial charge >= 0.3 is 12.1 Å². The first-order valence-electron chi connectivity index (χ1n) is 4.36. The Labute approximate surface area is 89.5 Å². The Bertz CT molecular complexity index is 348. The Kier molecular flexibility index (Phi) is 3.89. The summed E-state index contributed by atoms with van der Waals surface area (Å²) >= 11 is 0. The van der Waals surface area contributed by atoms with E-state index in [0.717, 1.165) is 0 Å². The van der Waals surface area contributed by atoms with Gasteiger partial charge in [-0.15, -0.1) is 0 Å². The first kappa shape index (κ1) is 12.5. The lowest BCUT2D eigenvalue weighted by Gasteiger charge is -2.15. The molecule has 1 aromatic rings. The van der Waals surface area contributed by atoms with E-state index in [1.165, 1.54) is 24.3 Å². The molecule has 0 radical (unpaired) electrons. The zero-order valence-corrected chi connectivity index (χ0v) is 8.07. The lowest BCUT2D eigenvalue weighted by molar-refractivity contribution is -0.193. The van der Waals surface area contributed by atoms with Crippen LogP contribution in [0.25, 0.3) is 0 Å². The smallest absolute Gasteiger partial charge is 0.411 e. The van der Waals surface area contributed by atoms with Crippen LogP contribution in [0.15, 0.2) is 30.3 Å². The highest BCUT2D eigenvalue weighted by molar-refractivity contribution is 5.74. The van der Waals surface area contributed by atoms with Crippen LogP contribution in [-0.4, -0.2) is 23.9 Å². The lowest BCUT2D eigenvalue weighted by atomic mass is 10.1. The van der Waals surface area contributed by atoms with Gasteiger partial charge in [-0.25, -0.2) is 4.79 Å². The highest BCUT2D eigenvalue weighted by Crippen LogP contribution is 2.22. The Hall–Kier alpha value is -1.56. The van der Waals surface area contributed by atoms with E-state index in [1.807, 2.05) is 0 Å². The maximum absolute atomic E-state index is 11.9. The van der Waals surface area contributed by atoms with Crippen LogP contribution in [0.4, 0.5) is 13.2 Å². The molecule has 0 spiro atoms. The molecule has 1 N–H and O–H groups in total. The summed E-state index contributed by atoms with van der Waals surface area (Å²) in [6, 6.07) is 7.49. The molecular formula is C10H9F3O3. The van der Waals surface area contributed by atoms with Crippen LogP contribution in [-0.2, 0) is 9.53 Å². The molecule has 0 aromatic heterocycles. The first-order valence-corrected chi connectivity index (χ1v) is 4.36. The molecule has 1 aromatic carbocycles. The van der Waals surface area contributed by atoms with Gasteiger partial charge in [-0.05, 0) is 5.56 Å². The SMILES string of the molecule is O=C(O)C(OCC(F)(F)F)c1ccccc1. The maximum atomic E-state index is 11.9. The average molecular weight is 234 g/mol. The van der Waals surface area contributed by atoms with Crippen LogP contribution in [0.1, 0.15) is 11.7 Å². The van der Waals surface area contributed by atoms with Crippen LogP contribution in [0.5, 0.6) is 0 Å². The summed E-state index contributed by atoms with van der Waals surface area (Å²) in [5.41, 5.74) is 0.180. The van der Waals surface area contributed by atoms with Crippen LogP contribution >= 0.6 is 0 Å². The maximum Gasteiger partial charge on any atom is 0.411 e. The second-order valence-electron chi connectivity index (χ2n) is 3.06. The van der Waals surface area contributed by atoms with Crippen molar-refractivity contribution in [2.24, 2.45) is 0 Å². The molecule has 1 unspecified atom stereocenters. The number of hydrogen-bond donors (Lipinski definition) is 1. The molecule has 3 nitrogen and oxygen atoms in total. The Morgan fingerprint density at radius 2 is 1.88 bits per heavy atom. The average Bonchev–Trinajstić information content (AvgIpc) is 2.17. The summed E-state index contributed by atoms with van der Waals surface area (Å²) in [6.07, 6.45) is -6.13. The van der Waals surface area contributed by atoms with E-state index in [0.29, 0.717) is 0 Å². The number of ether oxygens (including phenoxy) is 1. The van der Waals surface area contributed by atoms with Gasteiger partial charge < -0.3 is 9.84 Å². The lowest BCUT2D eigenvalue weighted by Crippen LogP contribution is -2.23. The zero-order valence-electron chi connectivity index (χ0n) is 8.07. The van der Waals surface area contributed by atoms with Crippen molar-refractivity contribution in [2.75, 3.05) is 6.61 Å². The van der Waals surface area contributed by atoms with Gasteiger partial charge in [0.1, 0.15) is 6.61 Å². The molecular weight excluding hydrogens is 225 g/mol. The molecule has 0 heterocycles. The van der Waals surface area contributed by atoms with E-state index in [4.69, 9.17) is 5.11 Å². The molecule has 0 fully saturated rings. The number of rotatable bonds is 4. The highest BCUT2D eigenvalue weighted by Gasteiger charge is 2.31. The number of hydrogen-bond acceptors (Lipinski definition) is 2. The molecule has 0 aliphatic rings. The molecule has 0 aliphatic heterocycles. The van der Waals surface area contributed by atoms with Crippen LogP contribution in [0.2, 0.25) is 0 Å². The van der Waals surface area contributed by atoms with Crippen molar-refractivity contribution in [3.63, 3.8) is 0 Å². The standard InChI is InChI=1S/C10H9F3O3/c11-10(12,13)6-16-8(9(14)15)7-4-2-1-3-5-7/h1-5,8H,6H2,(H,14,15). The van der Waals surface area contributed by atoms with Crippen molar-refractivity contribution in [3.8, 4) is 0 Å². The van der Waals surface area contributed by atoms with Gasteiger partial charge in [-0.3, -0.25) is 0 Å². The molecule has 16 heavy (non-hydrogen) atoms. The van der Waals surface area contributed by atoms with Gasteiger partial charge in [-0.2, -0.15) is 13.2 Å². The number of carbonyl (C=O) groups is 1. The number of halogens is 3. The fourth-order valence-electron chi connectivity index (χ4n) is 1.12. The van der Waals surface area contributed by atoms with E-state index < -0.39 is 24.9 Å². The molecule has 0 saturated heterocycles. The highest BCUT2D eigenvalue weighted by atomic mass is 19.4.